The van der Waals surface area contributed by atoms with Gasteiger partial charge in [0.2, 0.25) is 5.91 Å². The van der Waals surface area contributed by atoms with E-state index in [1.54, 1.807) is 47.2 Å². The van der Waals surface area contributed by atoms with Gasteiger partial charge in [-0.15, -0.1) is 0 Å². The number of nitrogens with zero attached hydrogens (tertiary/aromatic N) is 3. The SMILES string of the molecule is CC(=O)N1CCN(C(=O)[C@H](C)Oc2ccnc(-c3cccc(F)c3)c2)CC1. The summed E-state index contributed by atoms with van der Waals surface area (Å²) in [7, 11) is 0. The molecule has 0 saturated carbocycles. The molecule has 0 N–H and O–H groups in total. The third-order valence-electron chi connectivity index (χ3n) is 4.55. The largest absolute Gasteiger partial charge is 0.481 e. The average molecular weight is 371 g/mol. The van der Waals surface area contributed by atoms with Crippen molar-refractivity contribution in [1.82, 2.24) is 14.8 Å². The number of ether oxygens (including phenoxy) is 1. The molecule has 0 unspecified atom stereocenters. The Morgan fingerprint density at radius 2 is 1.81 bits per heavy atom. The van der Waals surface area contributed by atoms with Gasteiger partial charge in [-0.3, -0.25) is 14.6 Å². The predicted molar refractivity (Wildman–Crippen MR) is 98.6 cm³/mol. The molecule has 6 nitrogen and oxygen atoms in total. The minimum atomic E-state index is -0.670. The number of halogens is 1. The Balaban J connectivity index is 1.64. The van der Waals surface area contributed by atoms with E-state index < -0.39 is 6.10 Å². The van der Waals surface area contributed by atoms with Crippen molar-refractivity contribution in [3.05, 3.63) is 48.4 Å². The predicted octanol–water partition coefficient (Wildman–Crippen LogP) is 2.35. The lowest BCUT2D eigenvalue weighted by molar-refractivity contribution is -0.143. The van der Waals surface area contributed by atoms with Crippen molar-refractivity contribution in [2.24, 2.45) is 0 Å². The zero-order chi connectivity index (χ0) is 19.4. The van der Waals surface area contributed by atoms with E-state index in [1.165, 1.54) is 19.1 Å². The van der Waals surface area contributed by atoms with Gasteiger partial charge < -0.3 is 14.5 Å². The molecule has 1 aliphatic rings. The van der Waals surface area contributed by atoms with Gasteiger partial charge in [0.1, 0.15) is 11.6 Å². The first-order valence-electron chi connectivity index (χ1n) is 8.87. The number of aromatic nitrogens is 1. The lowest BCUT2D eigenvalue weighted by atomic mass is 10.1. The van der Waals surface area contributed by atoms with Crippen LogP contribution in [-0.4, -0.2) is 58.9 Å². The van der Waals surface area contributed by atoms with Crippen LogP contribution in [0.4, 0.5) is 4.39 Å². The van der Waals surface area contributed by atoms with E-state index in [9.17, 15) is 14.0 Å². The second-order valence-electron chi connectivity index (χ2n) is 6.48. The maximum absolute atomic E-state index is 13.4. The Labute approximate surface area is 157 Å². The maximum Gasteiger partial charge on any atom is 0.263 e. The van der Waals surface area contributed by atoms with Crippen LogP contribution >= 0.6 is 0 Å². The maximum atomic E-state index is 13.4. The highest BCUT2D eigenvalue weighted by Gasteiger charge is 2.26. The molecule has 1 fully saturated rings. The second-order valence-corrected chi connectivity index (χ2v) is 6.48. The number of amides is 2. The smallest absolute Gasteiger partial charge is 0.263 e. The highest BCUT2D eigenvalue weighted by Crippen LogP contribution is 2.23. The summed E-state index contributed by atoms with van der Waals surface area (Å²) in [5.74, 6) is 0.0525. The molecule has 27 heavy (non-hydrogen) atoms. The van der Waals surface area contributed by atoms with E-state index in [2.05, 4.69) is 4.98 Å². The summed E-state index contributed by atoms with van der Waals surface area (Å²) in [6.45, 7) is 5.29. The molecule has 2 amide bonds. The summed E-state index contributed by atoms with van der Waals surface area (Å²) in [6.07, 6.45) is 0.898. The molecule has 1 aliphatic heterocycles. The molecular formula is C20H22FN3O3. The lowest BCUT2D eigenvalue weighted by Gasteiger charge is -2.35. The van der Waals surface area contributed by atoms with Crippen LogP contribution in [-0.2, 0) is 9.59 Å². The standard InChI is InChI=1S/C20H22FN3O3/c1-14(20(26)24-10-8-23(9-11-24)15(2)25)27-18-6-7-22-19(13-18)16-4-3-5-17(21)12-16/h3-7,12-14H,8-11H2,1-2H3/t14-/m0/s1. The zero-order valence-corrected chi connectivity index (χ0v) is 15.4. The number of carbonyl (C=O) groups excluding carboxylic acids is 2. The number of rotatable bonds is 4. The Morgan fingerprint density at radius 3 is 2.48 bits per heavy atom. The third-order valence-corrected chi connectivity index (χ3v) is 4.55. The number of pyridine rings is 1. The van der Waals surface area contributed by atoms with Crippen molar-refractivity contribution < 1.29 is 18.7 Å². The molecule has 1 atom stereocenters. The molecule has 7 heteroatoms. The average Bonchev–Trinajstić information content (AvgIpc) is 2.67. The fourth-order valence-corrected chi connectivity index (χ4v) is 3.04. The normalized spacial score (nSPS) is 15.4. The first kappa shape index (κ1) is 18.8. The molecule has 0 radical (unpaired) electrons. The molecule has 1 saturated heterocycles. The molecule has 142 valence electrons. The topological polar surface area (TPSA) is 62.7 Å². The minimum absolute atomic E-state index is 0.0214. The van der Waals surface area contributed by atoms with Gasteiger partial charge in [-0.2, -0.15) is 0 Å². The Morgan fingerprint density at radius 1 is 1.11 bits per heavy atom. The molecule has 2 heterocycles. The molecule has 2 aromatic rings. The number of carbonyl (C=O) groups is 2. The number of benzene rings is 1. The first-order valence-corrected chi connectivity index (χ1v) is 8.87. The van der Waals surface area contributed by atoms with Crippen LogP contribution < -0.4 is 4.74 Å². The monoisotopic (exact) mass is 371 g/mol. The molecule has 0 spiro atoms. The molecule has 0 bridgehead atoms. The number of piperazine rings is 1. The minimum Gasteiger partial charge on any atom is -0.481 e. The summed E-state index contributed by atoms with van der Waals surface area (Å²) in [6, 6.07) is 9.50. The van der Waals surface area contributed by atoms with Gasteiger partial charge in [0.25, 0.3) is 5.91 Å². The molecule has 0 aliphatic carbocycles. The summed E-state index contributed by atoms with van der Waals surface area (Å²) in [5.41, 5.74) is 1.21. The summed E-state index contributed by atoms with van der Waals surface area (Å²) in [4.78, 5) is 31.7. The summed E-state index contributed by atoms with van der Waals surface area (Å²) in [5, 5.41) is 0. The quantitative estimate of drug-likeness (QED) is 0.828. The Hall–Kier alpha value is -2.96. The van der Waals surface area contributed by atoms with E-state index in [0.717, 1.165) is 0 Å². The van der Waals surface area contributed by atoms with E-state index in [-0.39, 0.29) is 17.6 Å². The van der Waals surface area contributed by atoms with Gasteiger partial charge in [0.15, 0.2) is 6.10 Å². The van der Waals surface area contributed by atoms with E-state index >= 15 is 0 Å². The van der Waals surface area contributed by atoms with Crippen molar-refractivity contribution >= 4 is 11.8 Å². The number of hydrogen-bond donors (Lipinski definition) is 0. The van der Waals surface area contributed by atoms with Crippen molar-refractivity contribution in [1.29, 1.82) is 0 Å². The lowest BCUT2D eigenvalue weighted by Crippen LogP contribution is -2.52. The zero-order valence-electron chi connectivity index (χ0n) is 15.4. The van der Waals surface area contributed by atoms with E-state index in [1.807, 2.05) is 0 Å². The summed E-state index contributed by atoms with van der Waals surface area (Å²) < 4.78 is 19.2. The van der Waals surface area contributed by atoms with Crippen molar-refractivity contribution in [3.8, 4) is 17.0 Å². The van der Waals surface area contributed by atoms with Crippen LogP contribution in [0.15, 0.2) is 42.6 Å². The molecule has 3 rings (SSSR count). The fourth-order valence-electron chi connectivity index (χ4n) is 3.04. The molecule has 1 aromatic carbocycles. The Bertz CT molecular complexity index is 835. The van der Waals surface area contributed by atoms with Gasteiger partial charge in [0.05, 0.1) is 5.69 Å². The number of hydrogen-bond acceptors (Lipinski definition) is 4. The summed E-state index contributed by atoms with van der Waals surface area (Å²) >= 11 is 0. The highest BCUT2D eigenvalue weighted by molar-refractivity contribution is 5.81. The molecule has 1 aromatic heterocycles. The van der Waals surface area contributed by atoms with Crippen molar-refractivity contribution in [2.75, 3.05) is 26.2 Å². The van der Waals surface area contributed by atoms with E-state index in [4.69, 9.17) is 4.74 Å². The Kier molecular flexibility index (Phi) is 5.69. The van der Waals surface area contributed by atoms with Crippen molar-refractivity contribution in [2.45, 2.75) is 20.0 Å². The highest BCUT2D eigenvalue weighted by atomic mass is 19.1. The van der Waals surface area contributed by atoms with Crippen LogP contribution in [0, 0.1) is 5.82 Å². The van der Waals surface area contributed by atoms with Gasteiger partial charge in [0, 0.05) is 50.9 Å². The van der Waals surface area contributed by atoms with Gasteiger partial charge in [-0.25, -0.2) is 4.39 Å². The second kappa shape index (κ2) is 8.16. The van der Waals surface area contributed by atoms with Crippen LogP contribution in [0.2, 0.25) is 0 Å². The van der Waals surface area contributed by atoms with Crippen LogP contribution in [0.25, 0.3) is 11.3 Å². The first-order chi connectivity index (χ1) is 12.9. The van der Waals surface area contributed by atoms with Gasteiger partial charge in [-0.1, -0.05) is 12.1 Å². The van der Waals surface area contributed by atoms with Gasteiger partial charge >= 0.3 is 0 Å². The molecular weight excluding hydrogens is 349 g/mol. The van der Waals surface area contributed by atoms with Crippen LogP contribution in [0.3, 0.4) is 0 Å². The van der Waals surface area contributed by atoms with Crippen molar-refractivity contribution in [3.63, 3.8) is 0 Å². The third kappa shape index (κ3) is 4.61. The van der Waals surface area contributed by atoms with E-state index in [0.29, 0.717) is 43.2 Å². The van der Waals surface area contributed by atoms with Gasteiger partial charge in [-0.05, 0) is 25.1 Å². The fraction of sp³-hybridized carbons (Fsp3) is 0.350. The van der Waals surface area contributed by atoms with Crippen LogP contribution in [0.1, 0.15) is 13.8 Å². The van der Waals surface area contributed by atoms with Crippen LogP contribution in [0.5, 0.6) is 5.75 Å².